The molecule has 0 radical (unpaired) electrons. The Kier molecular flexibility index (Phi) is 3.75. The molecule has 2 unspecified atom stereocenters. The van der Waals surface area contributed by atoms with Crippen LogP contribution in [0.3, 0.4) is 0 Å². The molecule has 104 valence electrons. The number of hydrogen-bond acceptors (Lipinski definition) is 3. The third kappa shape index (κ3) is 2.71. The van der Waals surface area contributed by atoms with Gasteiger partial charge < -0.3 is 14.6 Å². The standard InChI is InChI=1S/C14H20N2O3/c1-9(17)11-4-5-16(8-11)14(19)13-6-12(10(2)18)7-15(13)3/h6-7,9,11,17H,4-5,8H2,1-3H3. The number of likely N-dealkylation sites (tertiary alicyclic amines) is 1. The molecule has 1 aromatic rings. The van der Waals surface area contributed by atoms with Crippen LogP contribution in [0.2, 0.25) is 0 Å². The van der Waals surface area contributed by atoms with E-state index in [4.69, 9.17) is 0 Å². The van der Waals surface area contributed by atoms with Gasteiger partial charge in [0, 0.05) is 37.8 Å². The van der Waals surface area contributed by atoms with Gasteiger partial charge >= 0.3 is 0 Å². The third-order valence-corrected chi connectivity index (χ3v) is 3.82. The topological polar surface area (TPSA) is 62.5 Å². The van der Waals surface area contributed by atoms with E-state index in [-0.39, 0.29) is 23.7 Å². The summed E-state index contributed by atoms with van der Waals surface area (Å²) in [7, 11) is 1.77. The van der Waals surface area contributed by atoms with Gasteiger partial charge in [0.15, 0.2) is 5.78 Å². The van der Waals surface area contributed by atoms with E-state index in [1.54, 1.807) is 35.7 Å². The molecule has 1 aromatic heterocycles. The molecule has 5 heteroatoms. The fraction of sp³-hybridized carbons (Fsp3) is 0.571. The summed E-state index contributed by atoms with van der Waals surface area (Å²) in [4.78, 5) is 25.5. The summed E-state index contributed by atoms with van der Waals surface area (Å²) in [5.41, 5.74) is 1.08. The zero-order chi connectivity index (χ0) is 14.2. The molecule has 0 saturated carbocycles. The van der Waals surface area contributed by atoms with E-state index in [9.17, 15) is 14.7 Å². The molecule has 0 aromatic carbocycles. The first-order valence-corrected chi connectivity index (χ1v) is 6.54. The lowest BCUT2D eigenvalue weighted by molar-refractivity contribution is 0.0753. The molecule has 1 aliphatic heterocycles. The lowest BCUT2D eigenvalue weighted by Crippen LogP contribution is -2.31. The highest BCUT2D eigenvalue weighted by Gasteiger charge is 2.30. The van der Waals surface area contributed by atoms with Crippen molar-refractivity contribution in [1.82, 2.24) is 9.47 Å². The van der Waals surface area contributed by atoms with E-state index >= 15 is 0 Å². The van der Waals surface area contributed by atoms with Gasteiger partial charge in [0.05, 0.1) is 6.10 Å². The van der Waals surface area contributed by atoms with E-state index in [0.717, 1.165) is 6.42 Å². The van der Waals surface area contributed by atoms with Gasteiger partial charge in [-0.3, -0.25) is 9.59 Å². The van der Waals surface area contributed by atoms with Gasteiger partial charge in [-0.05, 0) is 26.3 Å². The molecule has 2 atom stereocenters. The van der Waals surface area contributed by atoms with E-state index in [1.807, 2.05) is 0 Å². The van der Waals surface area contributed by atoms with Gasteiger partial charge in [0.1, 0.15) is 5.69 Å². The fourth-order valence-corrected chi connectivity index (χ4v) is 2.50. The van der Waals surface area contributed by atoms with Crippen LogP contribution in [0, 0.1) is 5.92 Å². The Hall–Kier alpha value is -1.62. The van der Waals surface area contributed by atoms with Gasteiger partial charge in [-0.15, -0.1) is 0 Å². The molecule has 0 spiro atoms. The van der Waals surface area contributed by atoms with Crippen molar-refractivity contribution in [3.8, 4) is 0 Å². The zero-order valence-electron chi connectivity index (χ0n) is 11.6. The van der Waals surface area contributed by atoms with Crippen LogP contribution in [0.15, 0.2) is 12.3 Å². The number of nitrogens with zero attached hydrogens (tertiary/aromatic N) is 2. The maximum absolute atomic E-state index is 12.4. The molecule has 0 bridgehead atoms. The maximum Gasteiger partial charge on any atom is 0.270 e. The van der Waals surface area contributed by atoms with E-state index in [2.05, 4.69) is 0 Å². The van der Waals surface area contributed by atoms with Gasteiger partial charge in [0.25, 0.3) is 5.91 Å². The lowest BCUT2D eigenvalue weighted by Gasteiger charge is -2.17. The summed E-state index contributed by atoms with van der Waals surface area (Å²) >= 11 is 0. The van der Waals surface area contributed by atoms with E-state index in [1.165, 1.54) is 6.92 Å². The Morgan fingerprint density at radius 1 is 1.47 bits per heavy atom. The monoisotopic (exact) mass is 264 g/mol. The van der Waals surface area contributed by atoms with Crippen molar-refractivity contribution in [2.24, 2.45) is 13.0 Å². The van der Waals surface area contributed by atoms with Crippen LogP contribution in [-0.2, 0) is 7.05 Å². The summed E-state index contributed by atoms with van der Waals surface area (Å²) in [5.74, 6) is 0.0348. The van der Waals surface area contributed by atoms with Gasteiger partial charge in [-0.25, -0.2) is 0 Å². The zero-order valence-corrected chi connectivity index (χ0v) is 11.6. The van der Waals surface area contributed by atoms with Gasteiger partial charge in [-0.2, -0.15) is 0 Å². The number of rotatable bonds is 3. The summed E-state index contributed by atoms with van der Waals surface area (Å²) in [6.07, 6.45) is 2.12. The number of amides is 1. The molecular formula is C14H20N2O3. The second kappa shape index (κ2) is 5.17. The van der Waals surface area contributed by atoms with Crippen molar-refractivity contribution in [2.75, 3.05) is 13.1 Å². The highest BCUT2D eigenvalue weighted by molar-refractivity contribution is 5.99. The molecule has 5 nitrogen and oxygen atoms in total. The average Bonchev–Trinajstić information content (AvgIpc) is 2.94. The Bertz CT molecular complexity index is 505. The molecule has 2 rings (SSSR count). The molecule has 19 heavy (non-hydrogen) atoms. The molecule has 1 aliphatic rings. The first kappa shape index (κ1) is 13.8. The molecule has 1 fully saturated rings. The van der Waals surface area contributed by atoms with Crippen LogP contribution < -0.4 is 0 Å². The maximum atomic E-state index is 12.4. The number of ketones is 1. The normalized spacial score (nSPS) is 20.6. The van der Waals surface area contributed by atoms with E-state index in [0.29, 0.717) is 24.3 Å². The van der Waals surface area contributed by atoms with Crippen LogP contribution in [0.4, 0.5) is 0 Å². The predicted octanol–water partition coefficient (Wildman–Crippen LogP) is 1.07. The SMILES string of the molecule is CC(=O)c1cc(C(=O)N2CCC(C(C)O)C2)n(C)c1. The highest BCUT2D eigenvalue weighted by atomic mass is 16.3. The molecule has 1 N–H and O–H groups in total. The lowest BCUT2D eigenvalue weighted by atomic mass is 10.0. The first-order chi connectivity index (χ1) is 8.90. The Labute approximate surface area is 112 Å². The Morgan fingerprint density at radius 3 is 2.63 bits per heavy atom. The van der Waals surface area contributed by atoms with Crippen LogP contribution >= 0.6 is 0 Å². The number of aryl methyl sites for hydroxylation is 1. The highest BCUT2D eigenvalue weighted by Crippen LogP contribution is 2.22. The van der Waals surface area contributed by atoms with Crippen LogP contribution in [-0.4, -0.2) is 45.5 Å². The minimum Gasteiger partial charge on any atom is -0.393 e. The number of aliphatic hydroxyl groups is 1. The van der Waals surface area contributed by atoms with Crippen molar-refractivity contribution >= 4 is 11.7 Å². The van der Waals surface area contributed by atoms with Crippen LogP contribution in [0.25, 0.3) is 0 Å². The number of carbonyl (C=O) groups excluding carboxylic acids is 2. The number of aliphatic hydroxyl groups excluding tert-OH is 1. The number of carbonyl (C=O) groups is 2. The van der Waals surface area contributed by atoms with Crippen molar-refractivity contribution in [3.63, 3.8) is 0 Å². The Morgan fingerprint density at radius 2 is 2.16 bits per heavy atom. The number of hydrogen-bond donors (Lipinski definition) is 1. The minimum atomic E-state index is -0.390. The van der Waals surface area contributed by atoms with Crippen molar-refractivity contribution in [1.29, 1.82) is 0 Å². The van der Waals surface area contributed by atoms with Crippen molar-refractivity contribution in [3.05, 3.63) is 23.5 Å². The van der Waals surface area contributed by atoms with Crippen molar-refractivity contribution in [2.45, 2.75) is 26.4 Å². The number of Topliss-reactive ketones (excluding diaryl/α,β-unsaturated/α-hetero) is 1. The average molecular weight is 264 g/mol. The second-order valence-corrected chi connectivity index (χ2v) is 5.32. The second-order valence-electron chi connectivity index (χ2n) is 5.32. The van der Waals surface area contributed by atoms with Gasteiger partial charge in [-0.1, -0.05) is 0 Å². The summed E-state index contributed by atoms with van der Waals surface area (Å²) < 4.78 is 1.69. The largest absolute Gasteiger partial charge is 0.393 e. The Balaban J connectivity index is 2.15. The quantitative estimate of drug-likeness (QED) is 0.831. The van der Waals surface area contributed by atoms with Crippen LogP contribution in [0.5, 0.6) is 0 Å². The molecule has 0 aliphatic carbocycles. The van der Waals surface area contributed by atoms with Crippen molar-refractivity contribution < 1.29 is 14.7 Å². The molecule has 1 amide bonds. The third-order valence-electron chi connectivity index (χ3n) is 3.82. The summed E-state index contributed by atoms with van der Waals surface area (Å²) in [5, 5.41) is 9.57. The molecular weight excluding hydrogens is 244 g/mol. The fourth-order valence-electron chi connectivity index (χ4n) is 2.50. The molecule has 1 saturated heterocycles. The smallest absolute Gasteiger partial charge is 0.270 e. The summed E-state index contributed by atoms with van der Waals surface area (Å²) in [6.45, 7) is 4.49. The van der Waals surface area contributed by atoms with Gasteiger partial charge in [0.2, 0.25) is 0 Å². The summed E-state index contributed by atoms with van der Waals surface area (Å²) in [6, 6.07) is 1.64. The van der Waals surface area contributed by atoms with Crippen LogP contribution in [0.1, 0.15) is 41.1 Å². The van der Waals surface area contributed by atoms with E-state index < -0.39 is 0 Å². The predicted molar refractivity (Wildman–Crippen MR) is 71.1 cm³/mol. The first-order valence-electron chi connectivity index (χ1n) is 6.54. The minimum absolute atomic E-state index is 0.0436. The number of aromatic nitrogens is 1. The molecule has 2 heterocycles.